The summed E-state index contributed by atoms with van der Waals surface area (Å²) >= 11 is 0. The van der Waals surface area contributed by atoms with Crippen LogP contribution in [0.3, 0.4) is 0 Å². The van der Waals surface area contributed by atoms with Crippen molar-refractivity contribution in [1.29, 1.82) is 0 Å². The number of aromatic nitrogens is 2. The van der Waals surface area contributed by atoms with Gasteiger partial charge < -0.3 is 30.2 Å². The third-order valence-electron chi connectivity index (χ3n) is 10.5. The topological polar surface area (TPSA) is 116 Å². The van der Waals surface area contributed by atoms with Crippen molar-refractivity contribution in [2.75, 3.05) is 6.54 Å². The number of alkyl carbamates (subject to hydrolysis) is 1. The quantitative estimate of drug-likeness (QED) is 0.0906. The summed E-state index contributed by atoms with van der Waals surface area (Å²) in [7, 11) is 0. The first kappa shape index (κ1) is 43.7. The zero-order valence-electron chi connectivity index (χ0n) is 35.2. The Morgan fingerprint density at radius 3 is 2.18 bits per heavy atom. The van der Waals surface area contributed by atoms with Crippen LogP contribution in [0.2, 0.25) is 0 Å². The molecule has 2 aliphatic carbocycles. The standard InChI is InChI=1S/C49H52F3N5O5/c1-32-18-21-37(55-46(58)42-27-44(49(50,51)52)56-57(42)38-17-11-16-36(24-38)29-54-47(59)62-48(2,3)4)25-40(32)45(53-28-33-19-20-33)41-26-39(60-30-34-12-7-5-8-13-34)22-23-43(41)61-31-35-14-9-6-10-15-35/h5-18,21-27,32-33,40,45,53H,19-20,28-31H2,1-4H3,(H,54,59)(H,55,58). The van der Waals surface area contributed by atoms with Gasteiger partial charge in [0.15, 0.2) is 5.69 Å². The van der Waals surface area contributed by atoms with Gasteiger partial charge in [-0.1, -0.05) is 91.9 Å². The molecule has 3 N–H and O–H groups in total. The first-order chi connectivity index (χ1) is 29.7. The molecule has 10 nitrogen and oxygen atoms in total. The molecule has 13 heteroatoms. The number of hydrogen-bond acceptors (Lipinski definition) is 7. The van der Waals surface area contributed by atoms with E-state index in [0.29, 0.717) is 41.9 Å². The van der Waals surface area contributed by atoms with Gasteiger partial charge in [-0.25, -0.2) is 9.48 Å². The van der Waals surface area contributed by atoms with Crippen LogP contribution < -0.4 is 25.4 Å². The SMILES string of the molecule is CC1C=CC(NC(=O)c2cc(C(F)(F)F)nn2-c2cccc(CNC(=O)OC(C)(C)C)c2)=CC1C(NCC1CC1)c1cc(OCc2ccccc2)ccc1OCc1ccccc1. The van der Waals surface area contributed by atoms with Gasteiger partial charge >= 0.3 is 12.3 Å². The molecule has 0 bridgehead atoms. The molecular formula is C49H52F3N5O5. The van der Waals surface area contributed by atoms with E-state index in [1.165, 1.54) is 0 Å². The summed E-state index contributed by atoms with van der Waals surface area (Å²) in [5.74, 6) is 0.882. The Morgan fingerprint density at radius 1 is 0.839 bits per heavy atom. The van der Waals surface area contributed by atoms with Crippen molar-refractivity contribution in [3.8, 4) is 17.2 Å². The number of benzene rings is 4. The summed E-state index contributed by atoms with van der Waals surface area (Å²) < 4.78 is 61.6. The Kier molecular flexibility index (Phi) is 13.5. The van der Waals surface area contributed by atoms with Crippen LogP contribution in [0.5, 0.6) is 11.5 Å². The lowest BCUT2D eigenvalue weighted by atomic mass is 9.80. The molecule has 2 aliphatic rings. The van der Waals surface area contributed by atoms with Crippen LogP contribution in [-0.2, 0) is 30.7 Å². The summed E-state index contributed by atoms with van der Waals surface area (Å²) in [6.07, 6.45) is 2.52. The molecule has 3 atom stereocenters. The fourth-order valence-corrected chi connectivity index (χ4v) is 7.18. The zero-order valence-corrected chi connectivity index (χ0v) is 35.2. The average molecular weight is 848 g/mol. The summed E-state index contributed by atoms with van der Waals surface area (Å²) in [5, 5.41) is 13.2. The number of hydrogen-bond donors (Lipinski definition) is 3. The molecule has 4 aromatic carbocycles. The van der Waals surface area contributed by atoms with E-state index < -0.39 is 29.5 Å². The second-order valence-corrected chi connectivity index (χ2v) is 16.8. The fourth-order valence-electron chi connectivity index (χ4n) is 7.18. The number of allylic oxidation sites excluding steroid dienone is 2. The lowest BCUT2D eigenvalue weighted by Gasteiger charge is -2.33. The van der Waals surface area contributed by atoms with Crippen LogP contribution in [0, 0.1) is 17.8 Å². The first-order valence-corrected chi connectivity index (χ1v) is 20.8. The molecule has 1 fully saturated rings. The number of nitrogens with one attached hydrogen (secondary N) is 3. The molecule has 1 aromatic heterocycles. The van der Waals surface area contributed by atoms with Crippen LogP contribution in [-0.4, -0.2) is 33.9 Å². The number of alkyl halides is 3. The molecule has 5 aromatic rings. The van der Waals surface area contributed by atoms with Gasteiger partial charge in [0.2, 0.25) is 0 Å². The maximum absolute atomic E-state index is 14.2. The van der Waals surface area contributed by atoms with E-state index in [4.69, 9.17) is 14.2 Å². The smallest absolute Gasteiger partial charge is 0.435 e. The molecule has 2 amide bonds. The lowest BCUT2D eigenvalue weighted by Crippen LogP contribution is -2.35. The van der Waals surface area contributed by atoms with Crippen molar-refractivity contribution < 1.29 is 37.0 Å². The van der Waals surface area contributed by atoms with E-state index in [2.05, 4.69) is 28.0 Å². The Hall–Kier alpha value is -6.34. The second kappa shape index (κ2) is 19.1. The monoisotopic (exact) mass is 847 g/mol. The molecule has 0 spiro atoms. The number of halogens is 3. The summed E-state index contributed by atoms with van der Waals surface area (Å²) in [6, 6.07) is 32.6. The van der Waals surface area contributed by atoms with Gasteiger partial charge in [-0.2, -0.15) is 18.3 Å². The highest BCUT2D eigenvalue weighted by Crippen LogP contribution is 2.41. The predicted molar refractivity (Wildman–Crippen MR) is 230 cm³/mol. The van der Waals surface area contributed by atoms with Gasteiger partial charge in [0.1, 0.15) is 36.0 Å². The Balaban J connectivity index is 1.18. The minimum Gasteiger partial charge on any atom is -0.489 e. The minimum atomic E-state index is -4.82. The summed E-state index contributed by atoms with van der Waals surface area (Å²) in [4.78, 5) is 26.4. The van der Waals surface area contributed by atoms with Crippen molar-refractivity contribution in [3.05, 3.63) is 167 Å². The fraction of sp³-hybridized carbons (Fsp3) is 0.327. The number of carbonyl (C=O) groups is 2. The van der Waals surface area contributed by atoms with E-state index in [-0.39, 0.29) is 35.8 Å². The van der Waals surface area contributed by atoms with Crippen molar-refractivity contribution in [1.82, 2.24) is 25.7 Å². The number of amides is 2. The van der Waals surface area contributed by atoms with Crippen LogP contribution >= 0.6 is 0 Å². The molecule has 62 heavy (non-hydrogen) atoms. The van der Waals surface area contributed by atoms with E-state index in [1.807, 2.05) is 91.0 Å². The third-order valence-corrected chi connectivity index (χ3v) is 10.5. The number of rotatable bonds is 16. The molecule has 0 saturated heterocycles. The minimum absolute atomic E-state index is 0.0115. The molecule has 324 valence electrons. The molecule has 3 unspecified atom stereocenters. The van der Waals surface area contributed by atoms with E-state index >= 15 is 0 Å². The van der Waals surface area contributed by atoms with Gasteiger partial charge in [0.05, 0.1) is 5.69 Å². The van der Waals surface area contributed by atoms with Crippen LogP contribution in [0.25, 0.3) is 5.69 Å². The van der Waals surface area contributed by atoms with Crippen molar-refractivity contribution in [2.24, 2.45) is 17.8 Å². The maximum atomic E-state index is 14.2. The lowest BCUT2D eigenvalue weighted by molar-refractivity contribution is -0.141. The largest absolute Gasteiger partial charge is 0.489 e. The zero-order chi connectivity index (χ0) is 43.9. The molecule has 1 heterocycles. The Bertz CT molecular complexity index is 2390. The highest BCUT2D eigenvalue weighted by molar-refractivity contribution is 5.94. The Labute approximate surface area is 360 Å². The number of carbonyl (C=O) groups excluding carboxylic acids is 2. The number of ether oxygens (including phenoxy) is 3. The van der Waals surface area contributed by atoms with Crippen molar-refractivity contribution in [3.63, 3.8) is 0 Å². The van der Waals surface area contributed by atoms with Crippen molar-refractivity contribution >= 4 is 12.0 Å². The maximum Gasteiger partial charge on any atom is 0.435 e. The molecule has 0 radical (unpaired) electrons. The molecular weight excluding hydrogens is 796 g/mol. The highest BCUT2D eigenvalue weighted by atomic mass is 19.4. The Morgan fingerprint density at radius 2 is 1.52 bits per heavy atom. The van der Waals surface area contributed by atoms with Gasteiger partial charge in [-0.3, -0.25) is 4.79 Å². The van der Waals surface area contributed by atoms with Crippen LogP contribution in [0.4, 0.5) is 18.0 Å². The first-order valence-electron chi connectivity index (χ1n) is 20.8. The average Bonchev–Trinajstić information content (AvgIpc) is 3.96. The van der Waals surface area contributed by atoms with E-state index in [9.17, 15) is 22.8 Å². The molecule has 0 aliphatic heterocycles. The predicted octanol–water partition coefficient (Wildman–Crippen LogP) is 10.3. The van der Waals surface area contributed by atoms with Gasteiger partial charge in [-0.15, -0.1) is 0 Å². The molecule has 7 rings (SSSR count). The summed E-state index contributed by atoms with van der Waals surface area (Å²) in [6.45, 7) is 8.84. The normalized spacial score (nSPS) is 16.9. The van der Waals surface area contributed by atoms with Crippen LogP contribution in [0.15, 0.2) is 133 Å². The highest BCUT2D eigenvalue weighted by Gasteiger charge is 2.37. The van der Waals surface area contributed by atoms with Crippen LogP contribution in [0.1, 0.15) is 85.0 Å². The van der Waals surface area contributed by atoms with Gasteiger partial charge in [0, 0.05) is 35.8 Å². The third kappa shape index (κ3) is 11.9. The van der Waals surface area contributed by atoms with E-state index in [1.54, 1.807) is 51.1 Å². The summed E-state index contributed by atoms with van der Waals surface area (Å²) in [5.41, 5.74) is 1.87. The van der Waals surface area contributed by atoms with Crippen molar-refractivity contribution in [2.45, 2.75) is 78.1 Å². The second-order valence-electron chi connectivity index (χ2n) is 16.8. The van der Waals surface area contributed by atoms with Gasteiger partial charge in [-0.05, 0) is 105 Å². The van der Waals surface area contributed by atoms with E-state index in [0.717, 1.165) is 46.8 Å². The van der Waals surface area contributed by atoms with Gasteiger partial charge in [0.25, 0.3) is 5.91 Å². The molecule has 1 saturated carbocycles. The number of nitrogens with zero attached hydrogens (tertiary/aromatic N) is 2.